The number of aliphatic carboxylic acids is 2. The van der Waals surface area contributed by atoms with Gasteiger partial charge in [0.25, 0.3) is 0 Å². The van der Waals surface area contributed by atoms with Crippen molar-refractivity contribution in [2.24, 2.45) is 11.5 Å². The van der Waals surface area contributed by atoms with Crippen LogP contribution in [0.15, 0.2) is 48.5 Å². The highest BCUT2D eigenvalue weighted by Gasteiger charge is 2.09. The normalized spacial score (nSPS) is 11.1. The molecule has 2 aromatic rings. The van der Waals surface area contributed by atoms with E-state index >= 15 is 0 Å². The molecule has 2 aromatic carbocycles. The molecule has 7 nitrogen and oxygen atoms in total. The molecular formula is C21H27ClN2O5. The standard InChI is InChI=1S/C15H13ClO3.C6H14N2O2/c16-13-8-12(9-15(17)18)6-7-14(13)19-10-11-4-2-1-3-5-11;7-4-2-1-3-5(8)6(9)10/h1-8H,9-10H2,(H,17,18);5H,1-4,7-8H2,(H,9,10). The molecule has 1 unspecified atom stereocenters. The first-order valence-corrected chi connectivity index (χ1v) is 9.56. The van der Waals surface area contributed by atoms with Crippen molar-refractivity contribution >= 4 is 23.5 Å². The molecule has 0 saturated carbocycles. The number of carboxylic acid groups (broad SMARTS) is 2. The van der Waals surface area contributed by atoms with Gasteiger partial charge in [0.2, 0.25) is 0 Å². The molecule has 0 radical (unpaired) electrons. The van der Waals surface area contributed by atoms with E-state index in [1.807, 2.05) is 30.3 Å². The first-order valence-electron chi connectivity index (χ1n) is 9.19. The number of hydrogen-bond acceptors (Lipinski definition) is 5. The van der Waals surface area contributed by atoms with Crippen molar-refractivity contribution in [2.45, 2.75) is 38.3 Å². The van der Waals surface area contributed by atoms with Gasteiger partial charge in [0, 0.05) is 0 Å². The van der Waals surface area contributed by atoms with Crippen LogP contribution in [0.2, 0.25) is 5.02 Å². The van der Waals surface area contributed by atoms with Crippen molar-refractivity contribution in [3.63, 3.8) is 0 Å². The lowest BCUT2D eigenvalue weighted by atomic mass is 10.1. The maximum Gasteiger partial charge on any atom is 0.320 e. The van der Waals surface area contributed by atoms with Gasteiger partial charge in [-0.1, -0.05) is 54.4 Å². The number of unbranched alkanes of at least 4 members (excludes halogenated alkanes) is 1. The molecule has 0 aliphatic heterocycles. The van der Waals surface area contributed by atoms with E-state index in [9.17, 15) is 9.59 Å². The zero-order chi connectivity index (χ0) is 21.6. The molecule has 29 heavy (non-hydrogen) atoms. The Balaban J connectivity index is 0.000000359. The smallest absolute Gasteiger partial charge is 0.320 e. The number of nitrogens with two attached hydrogens (primary N) is 2. The van der Waals surface area contributed by atoms with Crippen molar-refractivity contribution in [2.75, 3.05) is 6.54 Å². The molecule has 0 aliphatic rings. The van der Waals surface area contributed by atoms with Crippen molar-refractivity contribution < 1.29 is 24.5 Å². The molecule has 158 valence electrons. The van der Waals surface area contributed by atoms with E-state index in [1.54, 1.807) is 18.2 Å². The topological polar surface area (TPSA) is 136 Å². The summed E-state index contributed by atoms with van der Waals surface area (Å²) >= 11 is 6.06. The monoisotopic (exact) mass is 422 g/mol. The van der Waals surface area contributed by atoms with Crippen LogP contribution in [-0.2, 0) is 22.6 Å². The highest BCUT2D eigenvalue weighted by molar-refractivity contribution is 6.32. The third-order valence-electron chi connectivity index (χ3n) is 3.88. The van der Waals surface area contributed by atoms with Crippen LogP contribution in [0.3, 0.4) is 0 Å². The van der Waals surface area contributed by atoms with Crippen LogP contribution in [-0.4, -0.2) is 34.7 Å². The Morgan fingerprint density at radius 2 is 1.72 bits per heavy atom. The van der Waals surface area contributed by atoms with Gasteiger partial charge in [-0.15, -0.1) is 0 Å². The molecule has 0 aliphatic carbocycles. The maximum atomic E-state index is 10.6. The molecule has 0 bridgehead atoms. The molecule has 0 amide bonds. The van der Waals surface area contributed by atoms with Crippen LogP contribution in [0.25, 0.3) is 0 Å². The summed E-state index contributed by atoms with van der Waals surface area (Å²) in [6.45, 7) is 1.03. The quantitative estimate of drug-likeness (QED) is 0.432. The lowest BCUT2D eigenvalue weighted by molar-refractivity contribution is -0.139. The van der Waals surface area contributed by atoms with Gasteiger partial charge in [-0.3, -0.25) is 9.59 Å². The first kappa shape index (κ1) is 24.4. The van der Waals surface area contributed by atoms with Crippen LogP contribution in [0.5, 0.6) is 5.75 Å². The van der Waals surface area contributed by atoms with E-state index in [4.69, 9.17) is 38.0 Å². The minimum absolute atomic E-state index is 0.0430. The van der Waals surface area contributed by atoms with E-state index in [0.717, 1.165) is 18.4 Å². The van der Waals surface area contributed by atoms with Gasteiger partial charge in [-0.2, -0.15) is 0 Å². The third-order valence-corrected chi connectivity index (χ3v) is 4.17. The van der Waals surface area contributed by atoms with Gasteiger partial charge < -0.3 is 26.4 Å². The molecule has 2 rings (SSSR count). The Hall–Kier alpha value is -2.61. The first-order chi connectivity index (χ1) is 13.8. The summed E-state index contributed by atoms with van der Waals surface area (Å²) in [7, 11) is 0. The van der Waals surface area contributed by atoms with Gasteiger partial charge in [-0.05, 0) is 42.6 Å². The number of carbonyl (C=O) groups is 2. The lowest BCUT2D eigenvalue weighted by Gasteiger charge is -2.09. The fraction of sp³-hybridized carbons (Fsp3) is 0.333. The van der Waals surface area contributed by atoms with Crippen LogP contribution in [0.1, 0.15) is 30.4 Å². The fourth-order valence-electron chi connectivity index (χ4n) is 2.31. The zero-order valence-electron chi connectivity index (χ0n) is 16.1. The van der Waals surface area contributed by atoms with Crippen molar-refractivity contribution in [3.8, 4) is 5.75 Å². The molecule has 0 heterocycles. The number of ether oxygens (including phenoxy) is 1. The van der Waals surface area contributed by atoms with E-state index in [2.05, 4.69) is 0 Å². The van der Waals surface area contributed by atoms with E-state index in [-0.39, 0.29) is 6.42 Å². The maximum absolute atomic E-state index is 10.6. The van der Waals surface area contributed by atoms with Gasteiger partial charge >= 0.3 is 11.9 Å². The fourth-order valence-corrected chi connectivity index (χ4v) is 2.57. The SMILES string of the molecule is NCCCCC(N)C(=O)O.O=C(O)Cc1ccc(OCc2ccccc2)c(Cl)c1. The second kappa shape index (κ2) is 13.5. The zero-order valence-corrected chi connectivity index (χ0v) is 16.8. The Labute approximate surface area is 175 Å². The van der Waals surface area contributed by atoms with Crippen LogP contribution in [0, 0.1) is 0 Å². The van der Waals surface area contributed by atoms with Crippen molar-refractivity contribution in [1.29, 1.82) is 0 Å². The number of benzene rings is 2. The highest BCUT2D eigenvalue weighted by atomic mass is 35.5. The number of halogens is 1. The van der Waals surface area contributed by atoms with Crippen LogP contribution < -0.4 is 16.2 Å². The Morgan fingerprint density at radius 1 is 1.03 bits per heavy atom. The number of carboxylic acids is 2. The average Bonchev–Trinajstić information content (AvgIpc) is 2.68. The summed E-state index contributed by atoms with van der Waals surface area (Å²) in [6, 6.07) is 14.1. The van der Waals surface area contributed by atoms with E-state index in [1.165, 1.54) is 0 Å². The summed E-state index contributed by atoms with van der Waals surface area (Å²) in [5.41, 5.74) is 12.1. The minimum Gasteiger partial charge on any atom is -0.487 e. The van der Waals surface area contributed by atoms with Crippen molar-refractivity contribution in [3.05, 3.63) is 64.7 Å². The molecule has 0 spiro atoms. The summed E-state index contributed by atoms with van der Waals surface area (Å²) in [5, 5.41) is 17.5. The molecule has 6 N–H and O–H groups in total. The molecular weight excluding hydrogens is 396 g/mol. The predicted molar refractivity (Wildman–Crippen MR) is 112 cm³/mol. The van der Waals surface area contributed by atoms with Gasteiger partial charge in [0.15, 0.2) is 0 Å². The highest BCUT2D eigenvalue weighted by Crippen LogP contribution is 2.26. The summed E-state index contributed by atoms with van der Waals surface area (Å²) in [4.78, 5) is 20.7. The molecule has 0 aromatic heterocycles. The van der Waals surface area contributed by atoms with Gasteiger partial charge in [0.1, 0.15) is 18.4 Å². The molecule has 0 saturated heterocycles. The summed E-state index contributed by atoms with van der Waals surface area (Å²) < 4.78 is 5.60. The van der Waals surface area contributed by atoms with Crippen LogP contribution >= 0.6 is 11.6 Å². The van der Waals surface area contributed by atoms with Gasteiger partial charge in [0.05, 0.1) is 11.4 Å². The summed E-state index contributed by atoms with van der Waals surface area (Å²) in [6.07, 6.45) is 2.12. The third kappa shape index (κ3) is 10.5. The number of rotatable bonds is 10. The number of hydrogen-bond donors (Lipinski definition) is 4. The summed E-state index contributed by atoms with van der Waals surface area (Å²) in [5.74, 6) is -1.26. The molecule has 0 fully saturated rings. The van der Waals surface area contributed by atoms with E-state index < -0.39 is 18.0 Å². The predicted octanol–water partition coefficient (Wildman–Crippen LogP) is 3.07. The second-order valence-corrected chi connectivity index (χ2v) is 6.75. The Bertz CT molecular complexity index is 771. The molecule has 1 atom stereocenters. The Kier molecular flexibility index (Phi) is 11.4. The minimum atomic E-state index is -0.933. The van der Waals surface area contributed by atoms with Crippen molar-refractivity contribution in [1.82, 2.24) is 0 Å². The van der Waals surface area contributed by atoms with Crippen LogP contribution in [0.4, 0.5) is 0 Å². The molecule has 8 heteroatoms. The van der Waals surface area contributed by atoms with Gasteiger partial charge in [-0.25, -0.2) is 0 Å². The second-order valence-electron chi connectivity index (χ2n) is 6.34. The largest absolute Gasteiger partial charge is 0.487 e. The van der Waals surface area contributed by atoms with E-state index in [0.29, 0.717) is 35.9 Å². The average molecular weight is 423 g/mol. The lowest BCUT2D eigenvalue weighted by Crippen LogP contribution is -2.29. The Morgan fingerprint density at radius 3 is 2.28 bits per heavy atom.